The van der Waals surface area contributed by atoms with Crippen molar-refractivity contribution in [3.8, 4) is 33.4 Å². The van der Waals surface area contributed by atoms with E-state index in [9.17, 15) is 0 Å². The van der Waals surface area contributed by atoms with Crippen LogP contribution in [0.25, 0.3) is 78.4 Å². The molecule has 6 aliphatic carbocycles. The molecule has 74 heavy (non-hydrogen) atoms. The van der Waals surface area contributed by atoms with Gasteiger partial charge in [-0.1, -0.05) is 183 Å². The number of hydrogen-bond acceptors (Lipinski definition) is 2. The second-order valence-corrected chi connectivity index (χ2v) is 24.1. The number of furan rings is 2. The zero-order valence-electron chi connectivity index (χ0n) is 46.3. The molecule has 2 heteroatoms. The van der Waals surface area contributed by atoms with E-state index in [-0.39, 0.29) is 21.7 Å². The minimum Gasteiger partial charge on any atom is -0.456 e. The average Bonchev–Trinajstić information content (AvgIpc) is 4.17. The highest BCUT2D eigenvalue weighted by molar-refractivity contribution is 6.15. The molecule has 2 heterocycles. The Bertz CT molecular complexity index is 4030. The maximum absolute atomic E-state index is 6.31. The van der Waals surface area contributed by atoms with Gasteiger partial charge in [0.15, 0.2) is 0 Å². The van der Waals surface area contributed by atoms with Gasteiger partial charge in [-0.05, 0) is 178 Å². The molecule has 9 aromatic rings. The van der Waals surface area contributed by atoms with Crippen molar-refractivity contribution in [2.75, 3.05) is 0 Å². The van der Waals surface area contributed by atoms with E-state index in [0.717, 1.165) is 41.4 Å². The van der Waals surface area contributed by atoms with Crippen LogP contribution in [0.1, 0.15) is 163 Å². The molecule has 1 atom stereocenters. The lowest BCUT2D eigenvalue weighted by Crippen LogP contribution is -2.22. The predicted octanol–water partition coefficient (Wildman–Crippen LogP) is 18.6. The molecule has 15 rings (SSSR count). The number of para-hydroxylation sites is 1. The van der Waals surface area contributed by atoms with Gasteiger partial charge in [-0.15, -0.1) is 0 Å². The maximum atomic E-state index is 6.31. The Morgan fingerprint density at radius 2 is 1.00 bits per heavy atom. The number of allylic oxidation sites excluding steroid dienone is 4. The van der Waals surface area contributed by atoms with Crippen molar-refractivity contribution in [1.29, 1.82) is 0 Å². The van der Waals surface area contributed by atoms with Crippen molar-refractivity contribution in [1.82, 2.24) is 0 Å². The topological polar surface area (TPSA) is 26.3 Å². The normalized spacial score (nSPS) is 18.4. The summed E-state index contributed by atoms with van der Waals surface area (Å²) in [6.07, 6.45) is 12.8. The number of benzene rings is 7. The molecule has 1 unspecified atom stereocenters. The SMILES string of the molecule is CC.CC1=CCC2C(=C1)C(C)(C)c1cc3c(cc12)C(C)(C)c1ccc2oc4ccccc4c2c1-3.Cc1ccc2c(c1)C(C)(C)c1cc3c(cc1-2)C(C)(C)c1ccc2oc4c(c2c1-3)=CCCC=4.Cc1ccccc1C. The summed E-state index contributed by atoms with van der Waals surface area (Å²) in [5.41, 5.74) is 31.2. The van der Waals surface area contributed by atoms with Crippen LogP contribution in [0.3, 0.4) is 0 Å². The quantitative estimate of drug-likeness (QED) is 0.151. The number of rotatable bonds is 0. The fourth-order valence-electron chi connectivity index (χ4n) is 14.1. The van der Waals surface area contributed by atoms with Crippen molar-refractivity contribution in [3.63, 3.8) is 0 Å². The van der Waals surface area contributed by atoms with Crippen LogP contribution in [0, 0.1) is 20.8 Å². The van der Waals surface area contributed by atoms with E-state index >= 15 is 0 Å². The first-order valence-corrected chi connectivity index (χ1v) is 27.5. The summed E-state index contributed by atoms with van der Waals surface area (Å²) in [7, 11) is 0. The standard InChI is InChI=1S/2C31H28O.C8H10.C2H6/c2*1-17-10-11-18-20-15-25-21(16-24(20)31(4,5)23(18)14-17)28-22(30(25,2)3)12-13-27-29(28)19-8-6-7-9-26(19)32-27;1-7-5-3-4-6-8(7)2;1-2/h8-16H,6-7H2,1-5H3;6-10,12-16,18H,11H2,1-5H3;3-6H,1-2H3;1-2H3. The summed E-state index contributed by atoms with van der Waals surface area (Å²) in [5, 5.41) is 5.10. The number of fused-ring (bicyclic) bond motifs is 20. The Labute approximate surface area is 439 Å². The van der Waals surface area contributed by atoms with E-state index in [2.05, 4.69) is 223 Å². The third kappa shape index (κ3) is 6.82. The van der Waals surface area contributed by atoms with Gasteiger partial charge in [0.2, 0.25) is 0 Å². The lowest BCUT2D eigenvalue weighted by Gasteiger charge is -2.26. The summed E-state index contributed by atoms with van der Waals surface area (Å²) in [6.45, 7) is 31.8. The van der Waals surface area contributed by atoms with Gasteiger partial charge in [-0.2, -0.15) is 0 Å². The van der Waals surface area contributed by atoms with E-state index in [1.807, 2.05) is 13.8 Å². The lowest BCUT2D eigenvalue weighted by atomic mass is 9.77. The third-order valence-electron chi connectivity index (χ3n) is 18.3. The highest BCUT2D eigenvalue weighted by Crippen LogP contribution is 2.61. The van der Waals surface area contributed by atoms with Crippen LogP contribution in [0.5, 0.6) is 0 Å². The molecule has 0 N–H and O–H groups in total. The summed E-state index contributed by atoms with van der Waals surface area (Å²) in [5.74, 6) is 0.517. The van der Waals surface area contributed by atoms with Crippen LogP contribution in [0.2, 0.25) is 0 Å². The summed E-state index contributed by atoms with van der Waals surface area (Å²) in [4.78, 5) is 0. The third-order valence-corrected chi connectivity index (χ3v) is 18.3. The van der Waals surface area contributed by atoms with Crippen LogP contribution in [0.15, 0.2) is 147 Å². The summed E-state index contributed by atoms with van der Waals surface area (Å²) >= 11 is 0. The smallest absolute Gasteiger partial charge is 0.136 e. The minimum atomic E-state index is -0.0337. The first kappa shape index (κ1) is 48.1. The van der Waals surface area contributed by atoms with Crippen LogP contribution in [0.4, 0.5) is 0 Å². The molecule has 2 nitrogen and oxygen atoms in total. The first-order chi connectivity index (χ1) is 35.4. The first-order valence-electron chi connectivity index (χ1n) is 27.5. The summed E-state index contributed by atoms with van der Waals surface area (Å²) in [6, 6.07) is 42.9. The molecule has 0 amide bonds. The molecule has 0 radical (unpaired) electrons. The molecule has 0 fully saturated rings. The van der Waals surface area contributed by atoms with Gasteiger partial charge in [0.25, 0.3) is 0 Å². The zero-order valence-corrected chi connectivity index (χ0v) is 46.3. The Morgan fingerprint density at radius 3 is 1.69 bits per heavy atom. The molecule has 2 aromatic heterocycles. The van der Waals surface area contributed by atoms with E-state index in [1.54, 1.807) is 5.57 Å². The Hall–Kier alpha value is -6.90. The van der Waals surface area contributed by atoms with Crippen molar-refractivity contribution >= 4 is 45.1 Å². The van der Waals surface area contributed by atoms with E-state index < -0.39 is 0 Å². The van der Waals surface area contributed by atoms with Crippen molar-refractivity contribution in [3.05, 3.63) is 210 Å². The largest absolute Gasteiger partial charge is 0.456 e. The van der Waals surface area contributed by atoms with Crippen molar-refractivity contribution < 1.29 is 8.83 Å². The van der Waals surface area contributed by atoms with Gasteiger partial charge in [-0.25, -0.2) is 0 Å². The van der Waals surface area contributed by atoms with Crippen LogP contribution < -0.4 is 10.6 Å². The molecule has 0 bridgehead atoms. The second kappa shape index (κ2) is 16.8. The molecule has 0 saturated carbocycles. The van der Waals surface area contributed by atoms with E-state index in [1.165, 1.54) is 122 Å². The summed E-state index contributed by atoms with van der Waals surface area (Å²) < 4.78 is 12.6. The van der Waals surface area contributed by atoms with Gasteiger partial charge in [0, 0.05) is 49.0 Å². The van der Waals surface area contributed by atoms with Crippen LogP contribution >= 0.6 is 0 Å². The Balaban J connectivity index is 0.000000127. The van der Waals surface area contributed by atoms with E-state index in [4.69, 9.17) is 8.83 Å². The molecule has 0 aliphatic heterocycles. The van der Waals surface area contributed by atoms with Gasteiger partial charge >= 0.3 is 0 Å². The van der Waals surface area contributed by atoms with Gasteiger partial charge in [0.1, 0.15) is 22.2 Å². The van der Waals surface area contributed by atoms with Crippen LogP contribution in [-0.2, 0) is 21.7 Å². The Morgan fingerprint density at radius 1 is 0.446 bits per heavy atom. The molecule has 7 aromatic carbocycles. The highest BCUT2D eigenvalue weighted by Gasteiger charge is 2.47. The molecular formula is C72H72O2. The lowest BCUT2D eigenvalue weighted by molar-refractivity contribution is 0.571. The highest BCUT2D eigenvalue weighted by atomic mass is 16.3. The second-order valence-electron chi connectivity index (χ2n) is 24.1. The van der Waals surface area contributed by atoms with Gasteiger partial charge in [0.05, 0.1) is 0 Å². The number of hydrogen-bond donors (Lipinski definition) is 0. The van der Waals surface area contributed by atoms with Crippen molar-refractivity contribution in [2.24, 2.45) is 0 Å². The zero-order chi connectivity index (χ0) is 52.0. The van der Waals surface area contributed by atoms with Crippen molar-refractivity contribution in [2.45, 2.75) is 144 Å². The Kier molecular flexibility index (Phi) is 10.9. The van der Waals surface area contributed by atoms with Crippen LogP contribution in [-0.4, -0.2) is 0 Å². The van der Waals surface area contributed by atoms with E-state index in [0.29, 0.717) is 5.92 Å². The molecule has 6 aliphatic rings. The molecule has 0 saturated heterocycles. The fraction of sp³-hybridized carbons (Fsp3) is 0.306. The molecular weight excluding hydrogens is 897 g/mol. The minimum absolute atomic E-state index is 0.00222. The molecule has 0 spiro atoms. The van der Waals surface area contributed by atoms with Gasteiger partial charge in [-0.3, -0.25) is 0 Å². The predicted molar refractivity (Wildman–Crippen MR) is 314 cm³/mol. The maximum Gasteiger partial charge on any atom is 0.136 e. The van der Waals surface area contributed by atoms with Gasteiger partial charge < -0.3 is 8.83 Å². The fourth-order valence-corrected chi connectivity index (χ4v) is 14.1. The number of aryl methyl sites for hydroxylation is 3. The average molecular weight is 969 g/mol. The molecule has 372 valence electrons. The monoisotopic (exact) mass is 969 g/mol.